The van der Waals surface area contributed by atoms with Crippen LogP contribution in [0.4, 0.5) is 0 Å². The van der Waals surface area contributed by atoms with Gasteiger partial charge in [0.25, 0.3) is 0 Å². The minimum atomic E-state index is -0.569. The van der Waals surface area contributed by atoms with Crippen LogP contribution in [0.3, 0.4) is 0 Å². The van der Waals surface area contributed by atoms with Gasteiger partial charge in [-0.15, -0.1) is 0 Å². The van der Waals surface area contributed by atoms with E-state index >= 15 is 0 Å². The van der Waals surface area contributed by atoms with Crippen molar-refractivity contribution in [1.82, 2.24) is 4.90 Å². The molecule has 3 rings (SSSR count). The van der Waals surface area contributed by atoms with Gasteiger partial charge in [-0.25, -0.2) is 9.79 Å². The van der Waals surface area contributed by atoms with Crippen LogP contribution in [0.1, 0.15) is 32.4 Å². The lowest BCUT2D eigenvalue weighted by Crippen LogP contribution is -2.40. The lowest BCUT2D eigenvalue weighted by Gasteiger charge is -2.33. The summed E-state index contributed by atoms with van der Waals surface area (Å²) in [6.45, 7) is 5.61. The zero-order valence-electron chi connectivity index (χ0n) is 13.6. The van der Waals surface area contributed by atoms with Crippen molar-refractivity contribution < 1.29 is 14.3 Å². The molecule has 1 aromatic carbocycles. The second kappa shape index (κ2) is 6.61. The number of nitrogens with zero attached hydrogens (tertiary/aromatic N) is 2. The SMILES string of the molecule is CCOC(=O)C1=C(C)N=C2S[C@H](C)C(=O)N2[C@@H]1c1cccc(Cl)c1. The molecule has 1 fully saturated rings. The predicted molar refractivity (Wildman–Crippen MR) is 94.9 cm³/mol. The summed E-state index contributed by atoms with van der Waals surface area (Å²) in [5.74, 6) is -0.529. The third-order valence-electron chi connectivity index (χ3n) is 3.92. The molecular formula is C17H17ClN2O3S. The van der Waals surface area contributed by atoms with E-state index in [2.05, 4.69) is 4.99 Å². The average molecular weight is 365 g/mol. The Bertz CT molecular complexity index is 775. The van der Waals surface area contributed by atoms with E-state index in [1.807, 2.05) is 13.0 Å². The van der Waals surface area contributed by atoms with Crippen molar-refractivity contribution in [3.8, 4) is 0 Å². The summed E-state index contributed by atoms with van der Waals surface area (Å²) in [7, 11) is 0. The van der Waals surface area contributed by atoms with Crippen LogP contribution in [0.2, 0.25) is 5.02 Å². The van der Waals surface area contributed by atoms with Crippen molar-refractivity contribution >= 4 is 40.4 Å². The summed E-state index contributed by atoms with van der Waals surface area (Å²) in [5, 5.41) is 0.924. The van der Waals surface area contributed by atoms with Gasteiger partial charge in [0.1, 0.15) is 0 Å². The van der Waals surface area contributed by atoms with Crippen LogP contribution in [-0.4, -0.2) is 33.8 Å². The summed E-state index contributed by atoms with van der Waals surface area (Å²) in [4.78, 5) is 31.2. The molecular weight excluding hydrogens is 348 g/mol. The van der Waals surface area contributed by atoms with Gasteiger partial charge in [-0.2, -0.15) is 0 Å². The lowest BCUT2D eigenvalue weighted by atomic mass is 9.94. The first-order valence-corrected chi connectivity index (χ1v) is 8.91. The summed E-state index contributed by atoms with van der Waals surface area (Å²) in [5.41, 5.74) is 1.71. The molecule has 0 saturated carbocycles. The fraction of sp³-hybridized carbons (Fsp3) is 0.353. The number of benzene rings is 1. The Hall–Kier alpha value is -1.79. The van der Waals surface area contributed by atoms with E-state index in [4.69, 9.17) is 16.3 Å². The molecule has 1 aromatic rings. The molecule has 0 bridgehead atoms. The van der Waals surface area contributed by atoms with Crippen LogP contribution in [0.25, 0.3) is 0 Å². The molecule has 1 saturated heterocycles. The number of carbonyl (C=O) groups excluding carboxylic acids is 2. The van der Waals surface area contributed by atoms with Gasteiger partial charge in [0.15, 0.2) is 5.17 Å². The molecule has 0 radical (unpaired) electrons. The van der Waals surface area contributed by atoms with Gasteiger partial charge in [-0.1, -0.05) is 35.5 Å². The summed E-state index contributed by atoms with van der Waals surface area (Å²) in [6, 6.07) is 6.61. The largest absolute Gasteiger partial charge is 0.463 e. The van der Waals surface area contributed by atoms with Crippen molar-refractivity contribution in [2.45, 2.75) is 32.1 Å². The molecule has 24 heavy (non-hydrogen) atoms. The molecule has 2 atom stereocenters. The first-order valence-electron chi connectivity index (χ1n) is 7.65. The number of amides is 1. The monoisotopic (exact) mass is 364 g/mol. The second-order valence-corrected chi connectivity index (χ2v) is 7.28. The maximum Gasteiger partial charge on any atom is 0.338 e. The third kappa shape index (κ3) is 2.84. The molecule has 5 nitrogen and oxygen atoms in total. The zero-order valence-corrected chi connectivity index (χ0v) is 15.1. The van der Waals surface area contributed by atoms with Crippen molar-refractivity contribution in [1.29, 1.82) is 0 Å². The van der Waals surface area contributed by atoms with E-state index in [-0.39, 0.29) is 17.8 Å². The Kier molecular flexibility index (Phi) is 4.69. The first-order chi connectivity index (χ1) is 11.4. The number of halogens is 1. The minimum absolute atomic E-state index is 0.0713. The molecule has 0 spiro atoms. The van der Waals surface area contributed by atoms with Crippen molar-refractivity contribution in [2.75, 3.05) is 6.61 Å². The van der Waals surface area contributed by atoms with Crippen LogP contribution < -0.4 is 0 Å². The van der Waals surface area contributed by atoms with E-state index in [9.17, 15) is 9.59 Å². The smallest absolute Gasteiger partial charge is 0.338 e. The van der Waals surface area contributed by atoms with Gasteiger partial charge < -0.3 is 4.74 Å². The maximum absolute atomic E-state index is 12.7. The summed E-state index contributed by atoms with van der Waals surface area (Å²) in [6.07, 6.45) is 0. The number of carbonyl (C=O) groups is 2. The van der Waals surface area contributed by atoms with Crippen LogP contribution >= 0.6 is 23.4 Å². The van der Waals surface area contributed by atoms with E-state index in [0.29, 0.717) is 21.5 Å². The fourth-order valence-electron chi connectivity index (χ4n) is 2.86. The van der Waals surface area contributed by atoms with Gasteiger partial charge >= 0.3 is 5.97 Å². The Morgan fingerprint density at radius 1 is 1.46 bits per heavy atom. The standard InChI is InChI=1S/C17H17ClN2O3S/c1-4-23-16(22)13-9(2)19-17-20(15(21)10(3)24-17)14(13)11-6-5-7-12(18)8-11/h5-8,10,14H,4H2,1-3H3/t10-,14-/m1/s1. The number of hydrogen-bond donors (Lipinski definition) is 0. The molecule has 2 aliphatic heterocycles. The Morgan fingerprint density at radius 2 is 2.21 bits per heavy atom. The highest BCUT2D eigenvalue weighted by Gasteiger charge is 2.46. The highest BCUT2D eigenvalue weighted by atomic mass is 35.5. The molecule has 2 heterocycles. The van der Waals surface area contributed by atoms with Crippen LogP contribution in [-0.2, 0) is 14.3 Å². The third-order valence-corrected chi connectivity index (χ3v) is 5.21. The lowest BCUT2D eigenvalue weighted by molar-refractivity contribution is -0.139. The number of fused-ring (bicyclic) bond motifs is 1. The molecule has 0 aromatic heterocycles. The number of rotatable bonds is 3. The van der Waals surface area contributed by atoms with Gasteiger partial charge in [0, 0.05) is 5.02 Å². The van der Waals surface area contributed by atoms with Crippen molar-refractivity contribution in [2.24, 2.45) is 4.99 Å². The first kappa shape index (κ1) is 17.0. The van der Waals surface area contributed by atoms with E-state index < -0.39 is 12.0 Å². The number of hydrogen-bond acceptors (Lipinski definition) is 5. The average Bonchev–Trinajstić information content (AvgIpc) is 2.80. The highest BCUT2D eigenvalue weighted by Crippen LogP contribution is 2.43. The fourth-order valence-corrected chi connectivity index (χ4v) is 4.09. The number of esters is 1. The molecule has 2 aliphatic rings. The Labute approximate surface area is 149 Å². The molecule has 0 unspecified atom stereocenters. The van der Waals surface area contributed by atoms with Crippen molar-refractivity contribution in [3.05, 3.63) is 46.1 Å². The van der Waals surface area contributed by atoms with Gasteiger partial charge in [0.2, 0.25) is 5.91 Å². The van der Waals surface area contributed by atoms with E-state index in [1.54, 1.807) is 36.9 Å². The summed E-state index contributed by atoms with van der Waals surface area (Å²) < 4.78 is 5.20. The number of aliphatic imine (C=N–C) groups is 1. The van der Waals surface area contributed by atoms with Crippen molar-refractivity contribution in [3.63, 3.8) is 0 Å². The van der Waals surface area contributed by atoms with E-state index in [1.165, 1.54) is 11.8 Å². The zero-order chi connectivity index (χ0) is 17.4. The van der Waals surface area contributed by atoms with E-state index in [0.717, 1.165) is 5.56 Å². The molecule has 1 amide bonds. The number of ether oxygens (including phenoxy) is 1. The summed E-state index contributed by atoms with van der Waals surface area (Å²) >= 11 is 7.52. The minimum Gasteiger partial charge on any atom is -0.463 e. The topological polar surface area (TPSA) is 59.0 Å². The highest BCUT2D eigenvalue weighted by molar-refractivity contribution is 8.15. The Balaban J connectivity index is 2.16. The van der Waals surface area contributed by atoms with Gasteiger partial charge in [-0.05, 0) is 38.5 Å². The number of amidine groups is 1. The van der Waals surface area contributed by atoms with Crippen LogP contribution in [0.15, 0.2) is 40.5 Å². The molecule has 126 valence electrons. The van der Waals surface area contributed by atoms with Gasteiger partial charge in [0.05, 0.1) is 29.2 Å². The van der Waals surface area contributed by atoms with Crippen LogP contribution in [0.5, 0.6) is 0 Å². The Morgan fingerprint density at radius 3 is 2.88 bits per heavy atom. The molecule has 0 N–H and O–H groups in total. The predicted octanol–water partition coefficient (Wildman–Crippen LogP) is 3.55. The molecule has 0 aliphatic carbocycles. The normalized spacial score (nSPS) is 23.2. The number of allylic oxidation sites excluding steroid dienone is 1. The maximum atomic E-state index is 12.7. The second-order valence-electron chi connectivity index (χ2n) is 5.54. The van der Waals surface area contributed by atoms with Crippen LogP contribution in [0, 0.1) is 0 Å². The number of thioether (sulfide) groups is 1. The quantitative estimate of drug-likeness (QED) is 0.769. The van der Waals surface area contributed by atoms with Gasteiger partial charge in [-0.3, -0.25) is 9.69 Å². The molecule has 7 heteroatoms.